The summed E-state index contributed by atoms with van der Waals surface area (Å²) in [6, 6.07) is 14.8. The molecule has 6 heteroatoms. The van der Waals surface area contributed by atoms with Crippen LogP contribution in [0.25, 0.3) is 0 Å². The number of benzene rings is 2. The van der Waals surface area contributed by atoms with Gasteiger partial charge in [-0.3, -0.25) is 9.10 Å². The highest BCUT2D eigenvalue weighted by Crippen LogP contribution is 2.22. The monoisotopic (exact) mass is 360 g/mol. The minimum Gasteiger partial charge on any atom is -0.352 e. The van der Waals surface area contributed by atoms with Gasteiger partial charge in [0.1, 0.15) is 0 Å². The van der Waals surface area contributed by atoms with Gasteiger partial charge in [0, 0.05) is 19.2 Å². The van der Waals surface area contributed by atoms with E-state index in [-0.39, 0.29) is 10.8 Å². The van der Waals surface area contributed by atoms with Crippen molar-refractivity contribution < 1.29 is 13.2 Å². The highest BCUT2D eigenvalue weighted by molar-refractivity contribution is 7.92. The van der Waals surface area contributed by atoms with Crippen LogP contribution in [0.4, 0.5) is 5.69 Å². The van der Waals surface area contributed by atoms with E-state index in [1.807, 2.05) is 0 Å². The predicted molar refractivity (Wildman–Crippen MR) is 100 cm³/mol. The molecule has 5 nitrogen and oxygen atoms in total. The Balaban J connectivity index is 2.19. The number of amides is 1. The van der Waals surface area contributed by atoms with Crippen LogP contribution in [0.2, 0.25) is 0 Å². The molecular weight excluding hydrogens is 336 g/mol. The smallest absolute Gasteiger partial charge is 0.264 e. The number of sulfonamides is 1. The molecule has 0 bridgehead atoms. The molecule has 0 unspecified atom stereocenters. The van der Waals surface area contributed by atoms with E-state index in [2.05, 4.69) is 19.2 Å². The van der Waals surface area contributed by atoms with Crippen LogP contribution in [-0.4, -0.2) is 27.9 Å². The zero-order chi connectivity index (χ0) is 18.4. The van der Waals surface area contributed by atoms with Crippen LogP contribution in [0.3, 0.4) is 0 Å². The Hall–Kier alpha value is -2.34. The molecule has 0 aliphatic heterocycles. The van der Waals surface area contributed by atoms with Crippen LogP contribution in [0.15, 0.2) is 59.5 Å². The average molecular weight is 360 g/mol. The Morgan fingerprint density at radius 1 is 1.08 bits per heavy atom. The largest absolute Gasteiger partial charge is 0.352 e. The summed E-state index contributed by atoms with van der Waals surface area (Å²) in [5.41, 5.74) is 0.886. The van der Waals surface area contributed by atoms with Crippen molar-refractivity contribution in [3.05, 3.63) is 60.2 Å². The zero-order valence-corrected chi connectivity index (χ0v) is 15.6. The van der Waals surface area contributed by atoms with E-state index in [0.717, 1.165) is 6.42 Å². The van der Waals surface area contributed by atoms with Gasteiger partial charge in [0.15, 0.2) is 0 Å². The fourth-order valence-corrected chi connectivity index (χ4v) is 3.52. The zero-order valence-electron chi connectivity index (χ0n) is 14.8. The summed E-state index contributed by atoms with van der Waals surface area (Å²) in [6.45, 7) is 4.78. The molecule has 2 aromatic rings. The van der Waals surface area contributed by atoms with E-state index >= 15 is 0 Å². The summed E-state index contributed by atoms with van der Waals surface area (Å²) in [6.07, 6.45) is 0.897. The van der Waals surface area contributed by atoms with Crippen LogP contribution in [-0.2, 0) is 10.0 Å². The number of anilines is 1. The Morgan fingerprint density at radius 2 is 1.76 bits per heavy atom. The second kappa shape index (κ2) is 8.16. The second-order valence-corrected chi connectivity index (χ2v) is 8.24. The van der Waals surface area contributed by atoms with Crippen molar-refractivity contribution in [1.29, 1.82) is 0 Å². The highest BCUT2D eigenvalue weighted by Gasteiger charge is 2.21. The van der Waals surface area contributed by atoms with E-state index in [1.54, 1.807) is 54.6 Å². The van der Waals surface area contributed by atoms with E-state index in [0.29, 0.717) is 23.7 Å². The summed E-state index contributed by atoms with van der Waals surface area (Å²) in [5, 5.41) is 2.86. The molecule has 25 heavy (non-hydrogen) atoms. The molecule has 2 rings (SSSR count). The molecule has 0 radical (unpaired) electrons. The highest BCUT2D eigenvalue weighted by atomic mass is 32.2. The standard InChI is InChI=1S/C19H24N2O3S/c1-15(2)12-13-20-19(22)16-8-7-9-17(14-16)21(3)25(23,24)18-10-5-4-6-11-18/h4-11,14-15H,12-13H2,1-3H3,(H,20,22). The van der Waals surface area contributed by atoms with E-state index in [1.165, 1.54) is 11.4 Å². The van der Waals surface area contributed by atoms with Crippen LogP contribution in [0.1, 0.15) is 30.6 Å². The summed E-state index contributed by atoms with van der Waals surface area (Å²) < 4.78 is 26.6. The number of hydrogen-bond donors (Lipinski definition) is 1. The molecule has 0 fully saturated rings. The maximum absolute atomic E-state index is 12.7. The predicted octanol–water partition coefficient (Wildman–Crippen LogP) is 3.29. The number of nitrogens with one attached hydrogen (secondary N) is 1. The minimum atomic E-state index is -3.66. The second-order valence-electron chi connectivity index (χ2n) is 6.27. The lowest BCUT2D eigenvalue weighted by molar-refractivity contribution is 0.0952. The molecule has 0 aromatic heterocycles. The van der Waals surface area contributed by atoms with Gasteiger partial charge in [-0.2, -0.15) is 0 Å². The van der Waals surface area contributed by atoms with Crippen molar-refractivity contribution in [2.24, 2.45) is 5.92 Å². The lowest BCUT2D eigenvalue weighted by Crippen LogP contribution is -2.28. The third-order valence-electron chi connectivity index (χ3n) is 3.88. The number of carbonyl (C=O) groups excluding carboxylic acids is 1. The first-order chi connectivity index (χ1) is 11.8. The van der Waals surface area contributed by atoms with Crippen molar-refractivity contribution in [3.63, 3.8) is 0 Å². The number of carbonyl (C=O) groups is 1. The topological polar surface area (TPSA) is 66.5 Å². The normalized spacial score (nSPS) is 11.4. The number of hydrogen-bond acceptors (Lipinski definition) is 3. The molecule has 134 valence electrons. The van der Waals surface area contributed by atoms with Gasteiger partial charge < -0.3 is 5.32 Å². The molecule has 1 N–H and O–H groups in total. The maximum Gasteiger partial charge on any atom is 0.264 e. The Bertz CT molecular complexity index is 818. The van der Waals surface area contributed by atoms with Gasteiger partial charge in [0.25, 0.3) is 15.9 Å². The van der Waals surface area contributed by atoms with Gasteiger partial charge in [-0.15, -0.1) is 0 Å². The lowest BCUT2D eigenvalue weighted by atomic mass is 10.1. The quantitative estimate of drug-likeness (QED) is 0.824. The van der Waals surface area contributed by atoms with Gasteiger partial charge >= 0.3 is 0 Å². The van der Waals surface area contributed by atoms with Crippen molar-refractivity contribution in [3.8, 4) is 0 Å². The fraction of sp³-hybridized carbons (Fsp3) is 0.316. The minimum absolute atomic E-state index is 0.201. The first-order valence-electron chi connectivity index (χ1n) is 8.24. The third-order valence-corrected chi connectivity index (χ3v) is 5.68. The Morgan fingerprint density at radius 3 is 2.40 bits per heavy atom. The van der Waals surface area contributed by atoms with Crippen LogP contribution < -0.4 is 9.62 Å². The van der Waals surface area contributed by atoms with Crippen molar-refractivity contribution in [2.75, 3.05) is 17.9 Å². The molecule has 0 aliphatic rings. The summed E-state index contributed by atoms with van der Waals surface area (Å²) >= 11 is 0. The average Bonchev–Trinajstić information content (AvgIpc) is 2.61. The Labute approximate surface area is 149 Å². The summed E-state index contributed by atoms with van der Waals surface area (Å²) in [5.74, 6) is 0.307. The third kappa shape index (κ3) is 4.82. The van der Waals surface area contributed by atoms with Crippen molar-refractivity contribution in [2.45, 2.75) is 25.2 Å². The lowest BCUT2D eigenvalue weighted by Gasteiger charge is -2.20. The maximum atomic E-state index is 12.7. The van der Waals surface area contributed by atoms with Crippen LogP contribution in [0, 0.1) is 5.92 Å². The van der Waals surface area contributed by atoms with Gasteiger partial charge in [-0.25, -0.2) is 8.42 Å². The fourth-order valence-electron chi connectivity index (χ4n) is 2.31. The molecular formula is C19H24N2O3S. The van der Waals surface area contributed by atoms with E-state index in [9.17, 15) is 13.2 Å². The molecule has 2 aromatic carbocycles. The van der Waals surface area contributed by atoms with Crippen molar-refractivity contribution >= 4 is 21.6 Å². The SMILES string of the molecule is CC(C)CCNC(=O)c1cccc(N(C)S(=O)(=O)c2ccccc2)c1. The van der Waals surface area contributed by atoms with E-state index in [4.69, 9.17) is 0 Å². The molecule has 0 aliphatic carbocycles. The van der Waals surface area contributed by atoms with Crippen LogP contribution >= 0.6 is 0 Å². The number of nitrogens with zero attached hydrogens (tertiary/aromatic N) is 1. The van der Waals surface area contributed by atoms with Gasteiger partial charge in [0.05, 0.1) is 10.6 Å². The summed E-state index contributed by atoms with van der Waals surface area (Å²) in [7, 11) is -2.18. The van der Waals surface area contributed by atoms with Crippen LogP contribution in [0.5, 0.6) is 0 Å². The first-order valence-corrected chi connectivity index (χ1v) is 9.68. The molecule has 0 spiro atoms. The van der Waals surface area contributed by atoms with Gasteiger partial charge in [0.2, 0.25) is 0 Å². The van der Waals surface area contributed by atoms with Gasteiger partial charge in [-0.05, 0) is 42.7 Å². The van der Waals surface area contributed by atoms with Crippen molar-refractivity contribution in [1.82, 2.24) is 5.32 Å². The number of rotatable bonds is 7. The Kier molecular flexibility index (Phi) is 6.20. The van der Waals surface area contributed by atoms with E-state index < -0.39 is 10.0 Å². The molecule has 0 saturated carbocycles. The molecule has 0 heterocycles. The van der Waals surface area contributed by atoms with Gasteiger partial charge in [-0.1, -0.05) is 38.1 Å². The molecule has 1 amide bonds. The summed E-state index contributed by atoms with van der Waals surface area (Å²) in [4.78, 5) is 12.5. The molecule has 0 atom stereocenters. The first kappa shape index (κ1) is 19.0. The molecule has 0 saturated heterocycles.